The van der Waals surface area contributed by atoms with E-state index in [9.17, 15) is 14.4 Å². The quantitative estimate of drug-likeness (QED) is 0.282. The molecular weight excluding hydrogens is 454 g/mol. The van der Waals surface area contributed by atoms with Crippen molar-refractivity contribution in [3.8, 4) is 16.9 Å². The van der Waals surface area contributed by atoms with Gasteiger partial charge in [0.2, 0.25) is 0 Å². The van der Waals surface area contributed by atoms with Crippen LogP contribution in [0.1, 0.15) is 29.8 Å². The van der Waals surface area contributed by atoms with Crippen LogP contribution in [0.2, 0.25) is 0 Å². The molecule has 2 heterocycles. The van der Waals surface area contributed by atoms with Gasteiger partial charge in [0.25, 0.3) is 5.91 Å². The summed E-state index contributed by atoms with van der Waals surface area (Å²) in [6.45, 7) is 5.37. The average Bonchev–Trinajstić information content (AvgIpc) is 3.23. The predicted octanol–water partition coefficient (Wildman–Crippen LogP) is 5.41. The summed E-state index contributed by atoms with van der Waals surface area (Å²) in [7, 11) is 0. The van der Waals surface area contributed by atoms with Crippen molar-refractivity contribution in [2.45, 2.75) is 26.9 Å². The molecule has 4 aromatic rings. The molecule has 0 fully saturated rings. The number of thiophene rings is 1. The molecule has 0 unspecified atom stereocenters. The molecule has 2 aromatic heterocycles. The zero-order valence-corrected chi connectivity index (χ0v) is 19.7. The predicted molar refractivity (Wildman–Crippen MR) is 132 cm³/mol. The first-order valence-electron chi connectivity index (χ1n) is 10.7. The topological polar surface area (TPSA) is 94.8 Å². The van der Waals surface area contributed by atoms with E-state index in [1.54, 1.807) is 32.0 Å². The smallest absolute Gasteiger partial charge is 0.341 e. The fraction of sp³-hybridized carbons (Fsp3) is 0.192. The fourth-order valence-corrected chi connectivity index (χ4v) is 4.50. The van der Waals surface area contributed by atoms with Crippen molar-refractivity contribution in [3.05, 3.63) is 81.5 Å². The van der Waals surface area contributed by atoms with Gasteiger partial charge in [-0.25, -0.2) is 9.59 Å². The van der Waals surface area contributed by atoms with Crippen molar-refractivity contribution < 1.29 is 23.5 Å². The maximum absolute atomic E-state index is 12.9. The van der Waals surface area contributed by atoms with Crippen molar-refractivity contribution in [3.63, 3.8) is 0 Å². The molecule has 0 aliphatic carbocycles. The molecule has 1 N–H and O–H groups in total. The lowest BCUT2D eigenvalue weighted by molar-refractivity contribution is -0.122. The summed E-state index contributed by atoms with van der Waals surface area (Å²) in [6, 6.07) is 15.9. The van der Waals surface area contributed by atoms with Crippen LogP contribution in [0.3, 0.4) is 0 Å². The summed E-state index contributed by atoms with van der Waals surface area (Å²) in [5, 5.41) is 5.79. The van der Waals surface area contributed by atoms with Crippen LogP contribution >= 0.6 is 11.3 Å². The molecular formula is C26H23NO6S. The van der Waals surface area contributed by atoms with Crippen LogP contribution in [0.15, 0.2) is 69.2 Å². The van der Waals surface area contributed by atoms with E-state index in [2.05, 4.69) is 5.32 Å². The van der Waals surface area contributed by atoms with Crippen LogP contribution in [0.4, 0.5) is 5.00 Å². The molecule has 7 nitrogen and oxygen atoms in total. The van der Waals surface area contributed by atoms with Crippen molar-refractivity contribution >= 4 is 39.2 Å². The van der Waals surface area contributed by atoms with Gasteiger partial charge in [0.1, 0.15) is 21.9 Å². The first kappa shape index (κ1) is 23.3. The Balaban J connectivity index is 1.56. The molecule has 0 saturated carbocycles. The fourth-order valence-electron chi connectivity index (χ4n) is 3.54. The molecule has 0 spiro atoms. The average molecular weight is 478 g/mol. The second kappa shape index (κ2) is 9.93. The van der Waals surface area contributed by atoms with Gasteiger partial charge in [-0.2, -0.15) is 0 Å². The van der Waals surface area contributed by atoms with Crippen LogP contribution in [0, 0.1) is 6.92 Å². The minimum absolute atomic E-state index is 0.216. The maximum atomic E-state index is 12.9. The Bertz CT molecular complexity index is 1410. The third-order valence-corrected chi connectivity index (χ3v) is 6.09. The van der Waals surface area contributed by atoms with Crippen molar-refractivity contribution in [2.24, 2.45) is 0 Å². The molecule has 34 heavy (non-hydrogen) atoms. The molecule has 1 atom stereocenters. The number of hydrogen-bond donors (Lipinski definition) is 1. The Morgan fingerprint density at radius 1 is 1.12 bits per heavy atom. The number of hydrogen-bond acceptors (Lipinski definition) is 7. The third kappa shape index (κ3) is 4.87. The van der Waals surface area contributed by atoms with Crippen molar-refractivity contribution in [2.75, 3.05) is 11.9 Å². The molecule has 0 aliphatic rings. The van der Waals surface area contributed by atoms with Gasteiger partial charge in [0, 0.05) is 28.5 Å². The number of amides is 1. The highest BCUT2D eigenvalue weighted by Crippen LogP contribution is 2.36. The zero-order chi connectivity index (χ0) is 24.2. The number of fused-ring (bicyclic) bond motifs is 1. The summed E-state index contributed by atoms with van der Waals surface area (Å²) in [5.74, 6) is -0.560. The zero-order valence-electron chi connectivity index (χ0n) is 18.9. The van der Waals surface area contributed by atoms with Crippen LogP contribution < -0.4 is 15.7 Å². The molecule has 174 valence electrons. The number of aryl methyl sites for hydroxylation is 1. The van der Waals surface area contributed by atoms with Crippen LogP contribution in [0.25, 0.3) is 22.1 Å². The lowest BCUT2D eigenvalue weighted by atomic mass is 10.0. The molecule has 2 aromatic carbocycles. The van der Waals surface area contributed by atoms with E-state index in [0.29, 0.717) is 27.5 Å². The molecule has 0 bridgehead atoms. The van der Waals surface area contributed by atoms with Crippen molar-refractivity contribution in [1.82, 2.24) is 0 Å². The normalized spacial score (nSPS) is 11.7. The number of carbonyl (C=O) groups excluding carboxylic acids is 2. The lowest BCUT2D eigenvalue weighted by Gasteiger charge is -2.15. The summed E-state index contributed by atoms with van der Waals surface area (Å²) >= 11 is 1.24. The molecule has 0 radical (unpaired) electrons. The highest BCUT2D eigenvalue weighted by molar-refractivity contribution is 7.15. The van der Waals surface area contributed by atoms with Gasteiger partial charge < -0.3 is 19.2 Å². The van der Waals surface area contributed by atoms with Gasteiger partial charge in [-0.3, -0.25) is 4.79 Å². The van der Waals surface area contributed by atoms with E-state index in [1.165, 1.54) is 17.4 Å². The van der Waals surface area contributed by atoms with Crippen molar-refractivity contribution in [1.29, 1.82) is 0 Å². The number of benzene rings is 2. The third-order valence-electron chi connectivity index (χ3n) is 5.20. The summed E-state index contributed by atoms with van der Waals surface area (Å²) in [5.41, 5.74) is 2.56. The number of esters is 1. The molecule has 8 heteroatoms. The van der Waals surface area contributed by atoms with Gasteiger partial charge in [-0.05, 0) is 44.0 Å². The first-order valence-corrected chi connectivity index (χ1v) is 11.6. The Hall–Kier alpha value is -3.91. The monoisotopic (exact) mass is 477 g/mol. The number of nitrogens with one attached hydrogen (secondary N) is 1. The minimum Gasteiger partial charge on any atom is -0.481 e. The van der Waals surface area contributed by atoms with E-state index in [-0.39, 0.29) is 6.61 Å². The van der Waals surface area contributed by atoms with E-state index < -0.39 is 23.6 Å². The van der Waals surface area contributed by atoms with Gasteiger partial charge in [-0.1, -0.05) is 30.3 Å². The first-order chi connectivity index (χ1) is 16.4. The minimum atomic E-state index is -0.883. The Labute approximate surface area is 199 Å². The summed E-state index contributed by atoms with van der Waals surface area (Å²) in [6.07, 6.45) is -0.883. The molecule has 0 saturated heterocycles. The Kier molecular flexibility index (Phi) is 6.79. The van der Waals surface area contributed by atoms with E-state index in [0.717, 1.165) is 16.5 Å². The van der Waals surface area contributed by atoms with E-state index in [4.69, 9.17) is 13.9 Å². The maximum Gasteiger partial charge on any atom is 0.341 e. The van der Waals surface area contributed by atoms with Gasteiger partial charge in [0.05, 0.1) is 6.61 Å². The molecule has 4 rings (SSSR count). The highest BCUT2D eigenvalue weighted by atomic mass is 32.1. The summed E-state index contributed by atoms with van der Waals surface area (Å²) < 4.78 is 16.3. The standard InChI is InChI=1S/C26H23NO6S/c1-4-31-26(30)23-20(17-8-6-5-7-9-17)14-34-25(23)27-24(29)16(3)32-18-10-11-19-15(2)12-22(28)33-21(19)13-18/h5-14,16H,4H2,1-3H3,(H,27,29)/t16-/m1/s1. The van der Waals surface area contributed by atoms with E-state index in [1.807, 2.05) is 42.6 Å². The molecule has 0 aliphatic heterocycles. The van der Waals surface area contributed by atoms with Gasteiger partial charge >= 0.3 is 11.6 Å². The highest BCUT2D eigenvalue weighted by Gasteiger charge is 2.25. The number of anilines is 1. The number of ether oxygens (including phenoxy) is 2. The lowest BCUT2D eigenvalue weighted by Crippen LogP contribution is -2.30. The second-order valence-corrected chi connectivity index (χ2v) is 8.48. The Morgan fingerprint density at radius 2 is 1.88 bits per heavy atom. The number of rotatable bonds is 7. The second-order valence-electron chi connectivity index (χ2n) is 7.60. The van der Waals surface area contributed by atoms with Crippen LogP contribution in [-0.2, 0) is 9.53 Å². The van der Waals surface area contributed by atoms with Crippen LogP contribution in [-0.4, -0.2) is 24.6 Å². The number of carbonyl (C=O) groups is 2. The van der Waals surface area contributed by atoms with E-state index >= 15 is 0 Å². The Morgan fingerprint density at radius 3 is 2.62 bits per heavy atom. The van der Waals surface area contributed by atoms with Gasteiger partial charge in [0.15, 0.2) is 6.10 Å². The molecule has 1 amide bonds. The SMILES string of the molecule is CCOC(=O)c1c(-c2ccccc2)csc1NC(=O)[C@@H](C)Oc1ccc2c(C)cc(=O)oc2c1. The largest absolute Gasteiger partial charge is 0.481 e. The van der Waals surface area contributed by atoms with Gasteiger partial charge in [-0.15, -0.1) is 11.3 Å². The summed E-state index contributed by atoms with van der Waals surface area (Å²) in [4.78, 5) is 37.3. The van der Waals surface area contributed by atoms with Crippen LogP contribution in [0.5, 0.6) is 5.75 Å².